The van der Waals surface area contributed by atoms with Gasteiger partial charge >= 0.3 is 0 Å². The van der Waals surface area contributed by atoms with Crippen molar-refractivity contribution in [3.63, 3.8) is 0 Å². The molecule has 0 bridgehead atoms. The standard InChI is InChI=1S/C24H29FN2O.2ClH/c1-3-27-22-11-6-17(2)15-20(22)21-16-26(14-12-23(21)27)13-4-5-24(28)18-7-9-19(25)10-8-18;;/h6-11,15,21,23H,3-5,12-14,16H2,1-2H3;2*1H. The summed E-state index contributed by atoms with van der Waals surface area (Å²) in [6, 6.07) is 13.4. The van der Waals surface area contributed by atoms with Crippen LogP contribution in [0.2, 0.25) is 0 Å². The van der Waals surface area contributed by atoms with Gasteiger partial charge in [-0.3, -0.25) is 4.79 Å². The number of hydrogen-bond acceptors (Lipinski definition) is 3. The van der Waals surface area contributed by atoms with E-state index in [9.17, 15) is 9.18 Å². The van der Waals surface area contributed by atoms with Crippen molar-refractivity contribution in [2.24, 2.45) is 0 Å². The number of benzene rings is 2. The van der Waals surface area contributed by atoms with Gasteiger partial charge in [-0.15, -0.1) is 24.8 Å². The van der Waals surface area contributed by atoms with Crippen LogP contribution >= 0.6 is 24.8 Å². The molecular weight excluding hydrogens is 422 g/mol. The summed E-state index contributed by atoms with van der Waals surface area (Å²) in [6.07, 6.45) is 2.55. The summed E-state index contributed by atoms with van der Waals surface area (Å²) < 4.78 is 13.0. The molecule has 0 aromatic heterocycles. The monoisotopic (exact) mass is 452 g/mol. The molecule has 2 aliphatic rings. The van der Waals surface area contributed by atoms with E-state index in [2.05, 4.69) is 41.8 Å². The first-order valence-corrected chi connectivity index (χ1v) is 10.4. The van der Waals surface area contributed by atoms with Crippen LogP contribution in [0.3, 0.4) is 0 Å². The minimum atomic E-state index is -0.298. The van der Waals surface area contributed by atoms with E-state index in [-0.39, 0.29) is 36.4 Å². The Balaban J connectivity index is 0.00000160. The Labute approximate surface area is 191 Å². The first-order valence-electron chi connectivity index (χ1n) is 10.4. The van der Waals surface area contributed by atoms with Crippen molar-refractivity contribution >= 4 is 36.3 Å². The first-order chi connectivity index (χ1) is 13.6. The molecule has 2 aliphatic heterocycles. The zero-order chi connectivity index (χ0) is 19.7. The van der Waals surface area contributed by atoms with Gasteiger partial charge in [-0.25, -0.2) is 4.39 Å². The van der Waals surface area contributed by atoms with Gasteiger partial charge in [0.05, 0.1) is 0 Å². The van der Waals surface area contributed by atoms with Crippen molar-refractivity contribution < 1.29 is 9.18 Å². The Bertz CT molecular complexity index is 859. The third kappa shape index (κ3) is 4.99. The van der Waals surface area contributed by atoms with Crippen molar-refractivity contribution in [1.29, 1.82) is 0 Å². The Kier molecular flexibility index (Phi) is 8.72. The van der Waals surface area contributed by atoms with E-state index in [0.29, 0.717) is 23.9 Å². The van der Waals surface area contributed by atoms with E-state index in [0.717, 1.165) is 32.6 Å². The van der Waals surface area contributed by atoms with Gasteiger partial charge in [0.25, 0.3) is 0 Å². The number of fused-ring (bicyclic) bond motifs is 3. The maximum atomic E-state index is 13.0. The Morgan fingerprint density at radius 1 is 1.13 bits per heavy atom. The lowest BCUT2D eigenvalue weighted by Crippen LogP contribution is -2.46. The number of hydrogen-bond donors (Lipinski definition) is 0. The summed E-state index contributed by atoms with van der Waals surface area (Å²) in [5.74, 6) is 0.373. The summed E-state index contributed by atoms with van der Waals surface area (Å²) in [6.45, 7) is 8.59. The molecule has 0 amide bonds. The van der Waals surface area contributed by atoms with Crippen LogP contribution in [0.5, 0.6) is 0 Å². The zero-order valence-electron chi connectivity index (χ0n) is 17.6. The maximum absolute atomic E-state index is 13.0. The SMILES string of the molecule is CCN1c2ccc(C)cc2C2CN(CCCC(=O)c3ccc(F)cc3)CCC21.Cl.Cl. The molecule has 1 fully saturated rings. The quantitative estimate of drug-likeness (QED) is 0.529. The molecule has 2 aromatic carbocycles. The second-order valence-corrected chi connectivity index (χ2v) is 8.15. The molecule has 2 atom stereocenters. The van der Waals surface area contributed by atoms with Crippen molar-refractivity contribution in [3.05, 3.63) is 65.0 Å². The molecule has 0 radical (unpaired) electrons. The van der Waals surface area contributed by atoms with Crippen molar-refractivity contribution in [1.82, 2.24) is 4.90 Å². The van der Waals surface area contributed by atoms with E-state index < -0.39 is 0 Å². The minimum absolute atomic E-state index is 0. The molecule has 6 heteroatoms. The largest absolute Gasteiger partial charge is 0.368 e. The molecule has 2 unspecified atom stereocenters. The highest BCUT2D eigenvalue weighted by Crippen LogP contribution is 2.44. The van der Waals surface area contributed by atoms with Gasteiger partial charge in [0.15, 0.2) is 5.78 Å². The van der Waals surface area contributed by atoms with E-state index in [1.807, 2.05) is 0 Å². The average Bonchev–Trinajstić information content (AvgIpc) is 3.00. The molecule has 0 N–H and O–H groups in total. The predicted octanol–water partition coefficient (Wildman–Crippen LogP) is 5.64. The highest BCUT2D eigenvalue weighted by atomic mass is 35.5. The number of carbonyl (C=O) groups excluding carboxylic acids is 1. The van der Waals surface area contributed by atoms with Gasteiger partial charge in [-0.1, -0.05) is 17.7 Å². The zero-order valence-corrected chi connectivity index (χ0v) is 19.3. The number of aryl methyl sites for hydroxylation is 1. The molecule has 164 valence electrons. The molecule has 3 nitrogen and oxygen atoms in total. The molecule has 4 rings (SSSR count). The smallest absolute Gasteiger partial charge is 0.162 e. The fraction of sp³-hybridized carbons (Fsp3) is 0.458. The summed E-state index contributed by atoms with van der Waals surface area (Å²) in [5, 5.41) is 0. The molecule has 0 aliphatic carbocycles. The number of likely N-dealkylation sites (tertiary alicyclic amines) is 1. The van der Waals surface area contributed by atoms with E-state index in [4.69, 9.17) is 0 Å². The number of halogens is 3. The maximum Gasteiger partial charge on any atom is 0.162 e. The lowest BCUT2D eigenvalue weighted by Gasteiger charge is -2.38. The highest BCUT2D eigenvalue weighted by molar-refractivity contribution is 5.95. The number of carbonyl (C=O) groups is 1. The average molecular weight is 453 g/mol. The number of likely N-dealkylation sites (N-methyl/N-ethyl adjacent to an activating group) is 1. The number of nitrogens with zero attached hydrogens (tertiary/aromatic N) is 2. The molecule has 30 heavy (non-hydrogen) atoms. The van der Waals surface area contributed by atoms with Crippen LogP contribution in [0.15, 0.2) is 42.5 Å². The van der Waals surface area contributed by atoms with Gasteiger partial charge in [-0.2, -0.15) is 0 Å². The highest BCUT2D eigenvalue weighted by Gasteiger charge is 2.40. The first kappa shape index (κ1) is 24.6. The summed E-state index contributed by atoms with van der Waals surface area (Å²) in [7, 11) is 0. The number of rotatable bonds is 6. The van der Waals surface area contributed by atoms with E-state index in [1.54, 1.807) is 12.1 Å². The second kappa shape index (κ2) is 10.6. The Morgan fingerprint density at radius 2 is 1.87 bits per heavy atom. The van der Waals surface area contributed by atoms with Crippen molar-refractivity contribution in [2.45, 2.75) is 45.1 Å². The van der Waals surface area contributed by atoms with Gasteiger partial charge in [0.1, 0.15) is 5.82 Å². The van der Waals surface area contributed by atoms with Crippen LogP contribution in [-0.4, -0.2) is 42.9 Å². The molecule has 2 heterocycles. The van der Waals surface area contributed by atoms with Crippen LogP contribution in [0.25, 0.3) is 0 Å². The lowest BCUT2D eigenvalue weighted by molar-refractivity contribution is 0.0971. The fourth-order valence-electron chi connectivity index (χ4n) is 4.95. The van der Waals surface area contributed by atoms with Gasteiger partial charge in [0, 0.05) is 49.3 Å². The second-order valence-electron chi connectivity index (χ2n) is 8.15. The van der Waals surface area contributed by atoms with Crippen molar-refractivity contribution in [3.8, 4) is 0 Å². The van der Waals surface area contributed by atoms with E-state index in [1.165, 1.54) is 35.4 Å². The minimum Gasteiger partial charge on any atom is -0.368 e. The van der Waals surface area contributed by atoms with Crippen molar-refractivity contribution in [2.75, 3.05) is 31.1 Å². The van der Waals surface area contributed by atoms with Crippen LogP contribution < -0.4 is 4.90 Å². The Hall–Kier alpha value is -1.62. The summed E-state index contributed by atoms with van der Waals surface area (Å²) in [4.78, 5) is 17.4. The molecule has 0 spiro atoms. The molecular formula is C24H31Cl2FN2O. The topological polar surface area (TPSA) is 23.6 Å². The molecule has 1 saturated heterocycles. The fourth-order valence-corrected chi connectivity index (χ4v) is 4.95. The molecule has 2 aromatic rings. The summed E-state index contributed by atoms with van der Waals surface area (Å²) in [5.41, 5.74) is 4.85. The van der Waals surface area contributed by atoms with Crippen LogP contribution in [-0.2, 0) is 0 Å². The third-order valence-electron chi connectivity index (χ3n) is 6.34. The van der Waals surface area contributed by atoms with Crippen LogP contribution in [0, 0.1) is 12.7 Å². The van der Waals surface area contributed by atoms with Gasteiger partial charge in [0.2, 0.25) is 0 Å². The number of ketones is 1. The summed E-state index contributed by atoms with van der Waals surface area (Å²) >= 11 is 0. The van der Waals surface area contributed by atoms with Gasteiger partial charge < -0.3 is 9.80 Å². The normalized spacial score (nSPS) is 20.0. The van der Waals surface area contributed by atoms with Crippen LogP contribution in [0.4, 0.5) is 10.1 Å². The number of anilines is 1. The number of piperidine rings is 1. The van der Waals surface area contributed by atoms with Gasteiger partial charge in [-0.05, 0) is 69.1 Å². The predicted molar refractivity (Wildman–Crippen MR) is 126 cm³/mol. The molecule has 0 saturated carbocycles. The van der Waals surface area contributed by atoms with E-state index >= 15 is 0 Å². The Morgan fingerprint density at radius 3 is 2.57 bits per heavy atom. The third-order valence-corrected chi connectivity index (χ3v) is 6.34. The lowest BCUT2D eigenvalue weighted by atomic mass is 9.88. The number of Topliss-reactive ketones (excluding diaryl/α,β-unsaturated/α-hetero) is 1. The van der Waals surface area contributed by atoms with Crippen LogP contribution in [0.1, 0.15) is 53.6 Å².